The van der Waals surface area contributed by atoms with Crippen LogP contribution in [-0.4, -0.2) is 21.3 Å². The first kappa shape index (κ1) is 14.8. The molecule has 0 bridgehead atoms. The average Bonchev–Trinajstić information content (AvgIpc) is 2.79. The Kier molecular flexibility index (Phi) is 4.97. The van der Waals surface area contributed by atoms with Crippen molar-refractivity contribution in [3.8, 4) is 0 Å². The molecular formula is C13H17FN4OS. The number of nitrogens with two attached hydrogens (primary N) is 1. The Morgan fingerprint density at radius 1 is 1.45 bits per heavy atom. The first-order valence-electron chi connectivity index (χ1n) is 6.43. The van der Waals surface area contributed by atoms with E-state index in [0.717, 1.165) is 12.0 Å². The number of rotatable bonds is 6. The lowest BCUT2D eigenvalue weighted by molar-refractivity contribution is 0.602. The van der Waals surface area contributed by atoms with Gasteiger partial charge in [0, 0.05) is 18.3 Å². The largest absolute Gasteiger partial charge is 0.343 e. The van der Waals surface area contributed by atoms with E-state index in [-0.39, 0.29) is 16.8 Å². The number of hydrogen-bond acceptors (Lipinski definition) is 4. The van der Waals surface area contributed by atoms with Crippen LogP contribution in [0.25, 0.3) is 0 Å². The van der Waals surface area contributed by atoms with Gasteiger partial charge in [0.1, 0.15) is 5.82 Å². The predicted molar refractivity (Wildman–Crippen MR) is 77.2 cm³/mol. The number of nitrogens with one attached hydrogen (secondary N) is 1. The summed E-state index contributed by atoms with van der Waals surface area (Å²) in [4.78, 5) is 11.6. The van der Waals surface area contributed by atoms with Gasteiger partial charge >= 0.3 is 5.69 Å². The Labute approximate surface area is 120 Å². The maximum Gasteiger partial charge on any atom is 0.343 e. The highest BCUT2D eigenvalue weighted by Crippen LogP contribution is 2.32. The highest BCUT2D eigenvalue weighted by Gasteiger charge is 2.16. The van der Waals surface area contributed by atoms with Crippen LogP contribution < -0.4 is 11.4 Å². The third-order valence-corrected chi connectivity index (χ3v) is 4.15. The molecular weight excluding hydrogens is 279 g/mol. The molecule has 2 rings (SSSR count). The van der Waals surface area contributed by atoms with Gasteiger partial charge in [-0.25, -0.2) is 14.3 Å². The molecule has 5 nitrogen and oxygen atoms in total. The van der Waals surface area contributed by atoms with Crippen molar-refractivity contribution in [3.05, 3.63) is 46.1 Å². The summed E-state index contributed by atoms with van der Waals surface area (Å²) in [6, 6.07) is 6.22. The lowest BCUT2D eigenvalue weighted by atomic mass is 10.1. The van der Waals surface area contributed by atoms with Crippen LogP contribution in [-0.2, 0) is 6.54 Å². The smallest absolute Gasteiger partial charge is 0.329 e. The molecule has 1 aromatic heterocycles. The van der Waals surface area contributed by atoms with E-state index < -0.39 is 0 Å². The highest BCUT2D eigenvalue weighted by atomic mass is 32.2. The van der Waals surface area contributed by atoms with Crippen LogP contribution in [0.15, 0.2) is 34.2 Å². The van der Waals surface area contributed by atoms with E-state index in [9.17, 15) is 9.18 Å². The summed E-state index contributed by atoms with van der Waals surface area (Å²) >= 11 is 1.41. The Morgan fingerprint density at radius 2 is 2.15 bits per heavy atom. The fourth-order valence-corrected chi connectivity index (χ4v) is 2.91. The van der Waals surface area contributed by atoms with Crippen molar-refractivity contribution in [2.75, 3.05) is 6.54 Å². The monoisotopic (exact) mass is 296 g/mol. The molecule has 20 heavy (non-hydrogen) atoms. The minimum absolute atomic E-state index is 0.0681. The average molecular weight is 296 g/mol. The van der Waals surface area contributed by atoms with Gasteiger partial charge in [-0.2, -0.15) is 0 Å². The van der Waals surface area contributed by atoms with Gasteiger partial charge in [0.15, 0.2) is 5.16 Å². The molecule has 0 spiro atoms. The minimum atomic E-state index is -0.280. The molecule has 1 unspecified atom stereocenters. The normalized spacial score (nSPS) is 12.6. The molecule has 1 aromatic carbocycles. The molecule has 0 radical (unpaired) electrons. The molecule has 3 N–H and O–H groups in total. The molecule has 0 amide bonds. The van der Waals surface area contributed by atoms with Crippen LogP contribution in [0.1, 0.15) is 24.2 Å². The predicted octanol–water partition coefficient (Wildman–Crippen LogP) is 1.91. The van der Waals surface area contributed by atoms with Crippen molar-refractivity contribution in [1.29, 1.82) is 0 Å². The lowest BCUT2D eigenvalue weighted by Crippen LogP contribution is -2.18. The Hall–Kier alpha value is -1.60. The fourth-order valence-electron chi connectivity index (χ4n) is 1.87. The van der Waals surface area contributed by atoms with Crippen molar-refractivity contribution in [2.24, 2.45) is 5.73 Å². The van der Waals surface area contributed by atoms with Gasteiger partial charge in [0.25, 0.3) is 0 Å². The summed E-state index contributed by atoms with van der Waals surface area (Å²) in [6.45, 7) is 2.98. The molecule has 0 saturated heterocycles. The number of H-pyrrole nitrogens is 1. The molecule has 108 valence electrons. The van der Waals surface area contributed by atoms with Crippen LogP contribution in [0, 0.1) is 5.82 Å². The van der Waals surface area contributed by atoms with Gasteiger partial charge in [-0.05, 0) is 24.1 Å². The van der Waals surface area contributed by atoms with Gasteiger partial charge in [-0.3, -0.25) is 4.57 Å². The van der Waals surface area contributed by atoms with Gasteiger partial charge in [0.2, 0.25) is 0 Å². The summed E-state index contributed by atoms with van der Waals surface area (Å²) in [5.41, 5.74) is 6.48. The second-order valence-corrected chi connectivity index (χ2v) is 5.53. The van der Waals surface area contributed by atoms with Crippen LogP contribution in [0.4, 0.5) is 4.39 Å². The van der Waals surface area contributed by atoms with E-state index in [1.54, 1.807) is 16.7 Å². The SMILES string of the molecule is CCCn1c(SC(CN)c2ccc(F)cc2)n[nH]c1=O. The van der Waals surface area contributed by atoms with Gasteiger partial charge < -0.3 is 5.73 Å². The van der Waals surface area contributed by atoms with E-state index in [1.165, 1.54) is 23.9 Å². The van der Waals surface area contributed by atoms with Gasteiger partial charge in [0.05, 0.1) is 0 Å². The second-order valence-electron chi connectivity index (χ2n) is 4.36. The van der Waals surface area contributed by atoms with Crippen molar-refractivity contribution >= 4 is 11.8 Å². The number of nitrogens with zero attached hydrogens (tertiary/aromatic N) is 2. The quantitative estimate of drug-likeness (QED) is 0.798. The molecule has 1 atom stereocenters. The number of benzene rings is 1. The summed E-state index contributed by atoms with van der Waals surface area (Å²) < 4.78 is 14.5. The number of aromatic nitrogens is 3. The van der Waals surface area contributed by atoms with E-state index in [4.69, 9.17) is 5.73 Å². The lowest BCUT2D eigenvalue weighted by Gasteiger charge is -2.14. The first-order chi connectivity index (χ1) is 9.65. The molecule has 0 saturated carbocycles. The standard InChI is InChI=1S/C13H17FN4OS/c1-2-7-18-12(19)16-17-13(18)20-11(8-15)9-3-5-10(14)6-4-9/h3-6,11H,2,7-8,15H2,1H3,(H,16,19). The molecule has 2 aromatic rings. The van der Waals surface area contributed by atoms with Crippen molar-refractivity contribution < 1.29 is 4.39 Å². The van der Waals surface area contributed by atoms with E-state index in [1.807, 2.05) is 6.92 Å². The topological polar surface area (TPSA) is 76.7 Å². The zero-order chi connectivity index (χ0) is 14.5. The molecule has 1 heterocycles. The zero-order valence-corrected chi connectivity index (χ0v) is 12.0. The molecule has 0 aliphatic rings. The van der Waals surface area contributed by atoms with Crippen LogP contribution in [0.3, 0.4) is 0 Å². The maximum atomic E-state index is 12.9. The Bertz CT molecular complexity index is 608. The van der Waals surface area contributed by atoms with Gasteiger partial charge in [-0.15, -0.1) is 5.10 Å². The molecule has 7 heteroatoms. The number of halogens is 1. The third-order valence-electron chi connectivity index (χ3n) is 2.87. The molecule has 0 fully saturated rings. The van der Waals surface area contributed by atoms with Crippen molar-refractivity contribution in [2.45, 2.75) is 30.3 Å². The van der Waals surface area contributed by atoms with Crippen LogP contribution in [0.2, 0.25) is 0 Å². The highest BCUT2D eigenvalue weighted by molar-refractivity contribution is 7.99. The van der Waals surface area contributed by atoms with E-state index in [0.29, 0.717) is 18.2 Å². The Balaban J connectivity index is 2.22. The summed E-state index contributed by atoms with van der Waals surface area (Å²) in [6.07, 6.45) is 0.844. The second kappa shape index (κ2) is 6.71. The van der Waals surface area contributed by atoms with Crippen molar-refractivity contribution in [1.82, 2.24) is 14.8 Å². The Morgan fingerprint density at radius 3 is 2.75 bits per heavy atom. The van der Waals surface area contributed by atoms with Crippen LogP contribution in [0.5, 0.6) is 0 Å². The van der Waals surface area contributed by atoms with Gasteiger partial charge in [-0.1, -0.05) is 30.8 Å². The van der Waals surface area contributed by atoms with E-state index >= 15 is 0 Å². The summed E-state index contributed by atoms with van der Waals surface area (Å²) in [7, 11) is 0. The molecule has 0 aliphatic heterocycles. The zero-order valence-electron chi connectivity index (χ0n) is 11.2. The van der Waals surface area contributed by atoms with Crippen LogP contribution >= 0.6 is 11.8 Å². The first-order valence-corrected chi connectivity index (χ1v) is 7.31. The maximum absolute atomic E-state index is 12.9. The minimum Gasteiger partial charge on any atom is -0.329 e. The van der Waals surface area contributed by atoms with Crippen molar-refractivity contribution in [3.63, 3.8) is 0 Å². The molecule has 0 aliphatic carbocycles. The number of aromatic amines is 1. The third kappa shape index (κ3) is 3.29. The summed E-state index contributed by atoms with van der Waals surface area (Å²) in [5.74, 6) is -0.280. The van der Waals surface area contributed by atoms with E-state index in [2.05, 4.69) is 10.2 Å². The summed E-state index contributed by atoms with van der Waals surface area (Å²) in [5, 5.41) is 7.01. The fraction of sp³-hybridized carbons (Fsp3) is 0.385. The number of thioether (sulfide) groups is 1. The number of hydrogen-bond donors (Lipinski definition) is 2.